The number of hydrazone groups is 1. The minimum absolute atomic E-state index is 0.105. The van der Waals surface area contributed by atoms with Gasteiger partial charge in [0.25, 0.3) is 0 Å². The van der Waals surface area contributed by atoms with Crippen LogP contribution in [0, 0.1) is 0 Å². The van der Waals surface area contributed by atoms with E-state index >= 15 is 0 Å². The van der Waals surface area contributed by atoms with E-state index in [1.807, 2.05) is 48.5 Å². The van der Waals surface area contributed by atoms with Crippen molar-refractivity contribution in [2.45, 2.75) is 11.8 Å². The zero-order valence-electron chi connectivity index (χ0n) is 10.7. The third-order valence-corrected chi connectivity index (χ3v) is 4.58. The molecule has 5 heteroatoms. The molecule has 20 heavy (non-hydrogen) atoms. The molecule has 0 saturated heterocycles. The number of halogens is 1. The predicted octanol–water partition coefficient (Wildman–Crippen LogP) is 4.27. The predicted molar refractivity (Wildman–Crippen MR) is 86.1 cm³/mol. The molecule has 0 fully saturated rings. The molecular formula is C15H11BrN2OS. The molecule has 0 atom stereocenters. The second-order valence-corrected chi connectivity index (χ2v) is 6.18. The number of thioether (sulfide) groups is 1. The van der Waals surface area contributed by atoms with Crippen LogP contribution in [0.1, 0.15) is 12.5 Å². The van der Waals surface area contributed by atoms with Gasteiger partial charge in [0, 0.05) is 21.9 Å². The van der Waals surface area contributed by atoms with E-state index in [0.29, 0.717) is 0 Å². The lowest BCUT2D eigenvalue weighted by Gasteiger charge is -2.25. The molecular weight excluding hydrogens is 336 g/mol. The lowest BCUT2D eigenvalue weighted by molar-refractivity contribution is -0.116. The number of amides is 1. The Bertz CT molecular complexity index is 700. The summed E-state index contributed by atoms with van der Waals surface area (Å²) in [5.74, 6) is -0.105. The Morgan fingerprint density at radius 3 is 2.60 bits per heavy atom. The molecule has 1 aliphatic rings. The van der Waals surface area contributed by atoms with Crippen LogP contribution in [0.15, 0.2) is 63.0 Å². The molecule has 0 bridgehead atoms. The van der Waals surface area contributed by atoms with Gasteiger partial charge in [-0.1, -0.05) is 48.2 Å². The van der Waals surface area contributed by atoms with Crippen LogP contribution in [-0.2, 0) is 4.79 Å². The van der Waals surface area contributed by atoms with E-state index in [1.165, 1.54) is 11.9 Å². The summed E-state index contributed by atoms with van der Waals surface area (Å²) in [5.41, 5.74) is 1.82. The topological polar surface area (TPSA) is 32.7 Å². The molecule has 3 nitrogen and oxygen atoms in total. The number of carbonyl (C=O) groups excluding carboxylic acids is 1. The number of anilines is 1. The van der Waals surface area contributed by atoms with Crippen molar-refractivity contribution in [3.05, 3.63) is 58.6 Å². The zero-order chi connectivity index (χ0) is 14.1. The number of hydrogen-bond acceptors (Lipinski definition) is 3. The second kappa shape index (κ2) is 5.42. The number of benzene rings is 2. The van der Waals surface area contributed by atoms with Gasteiger partial charge in [-0.05, 0) is 28.1 Å². The Kier molecular flexibility index (Phi) is 3.63. The normalized spacial score (nSPS) is 13.7. The number of fused-ring (bicyclic) bond motifs is 1. The summed E-state index contributed by atoms with van der Waals surface area (Å²) in [7, 11) is 0. The average molecular weight is 347 g/mol. The van der Waals surface area contributed by atoms with Gasteiger partial charge in [0.05, 0.1) is 5.69 Å². The zero-order valence-corrected chi connectivity index (χ0v) is 13.1. The number of hydrogen-bond donors (Lipinski definition) is 0. The van der Waals surface area contributed by atoms with Crippen LogP contribution in [0.4, 0.5) is 5.69 Å². The molecule has 0 saturated carbocycles. The maximum absolute atomic E-state index is 11.9. The van der Waals surface area contributed by atoms with Crippen LogP contribution in [-0.4, -0.2) is 11.0 Å². The van der Waals surface area contributed by atoms with Gasteiger partial charge in [-0.3, -0.25) is 4.79 Å². The van der Waals surface area contributed by atoms with Gasteiger partial charge in [0.1, 0.15) is 5.04 Å². The third-order valence-electron chi connectivity index (χ3n) is 2.88. The van der Waals surface area contributed by atoms with Crippen molar-refractivity contribution in [1.29, 1.82) is 0 Å². The molecule has 1 amide bonds. The van der Waals surface area contributed by atoms with Gasteiger partial charge >= 0.3 is 0 Å². The molecule has 1 heterocycles. The largest absolute Gasteiger partial charge is 0.273 e. The van der Waals surface area contributed by atoms with E-state index in [4.69, 9.17) is 0 Å². The van der Waals surface area contributed by atoms with Gasteiger partial charge in [0.15, 0.2) is 0 Å². The van der Waals surface area contributed by atoms with Gasteiger partial charge < -0.3 is 0 Å². The minimum Gasteiger partial charge on any atom is -0.273 e. The Labute approximate surface area is 129 Å². The Morgan fingerprint density at radius 2 is 1.90 bits per heavy atom. The molecule has 0 spiro atoms. The highest BCUT2D eigenvalue weighted by Gasteiger charge is 2.25. The number of nitrogens with zero attached hydrogens (tertiary/aromatic N) is 2. The number of para-hydroxylation sites is 1. The average Bonchev–Trinajstić information content (AvgIpc) is 2.47. The SMILES string of the molecule is CC(=O)N1N=C(c2ccccc2)Sc2cccc(Br)c21. The van der Waals surface area contributed by atoms with Crippen LogP contribution < -0.4 is 5.01 Å². The highest BCUT2D eigenvalue weighted by molar-refractivity contribution is 9.10. The Balaban J connectivity index is 2.12. The van der Waals surface area contributed by atoms with Gasteiger partial charge in [-0.25, -0.2) is 0 Å². The first-order valence-corrected chi connectivity index (χ1v) is 7.69. The van der Waals surface area contributed by atoms with E-state index in [0.717, 1.165) is 25.7 Å². The van der Waals surface area contributed by atoms with Crippen molar-refractivity contribution >= 4 is 44.3 Å². The smallest absolute Gasteiger partial charge is 0.244 e. The first-order valence-electron chi connectivity index (χ1n) is 6.08. The monoisotopic (exact) mass is 346 g/mol. The summed E-state index contributed by atoms with van der Waals surface area (Å²) < 4.78 is 0.869. The van der Waals surface area contributed by atoms with Crippen molar-refractivity contribution in [3.8, 4) is 0 Å². The summed E-state index contributed by atoms with van der Waals surface area (Å²) in [6.07, 6.45) is 0. The first-order chi connectivity index (χ1) is 9.66. The van der Waals surface area contributed by atoms with Crippen molar-refractivity contribution in [3.63, 3.8) is 0 Å². The molecule has 0 aliphatic carbocycles. The maximum atomic E-state index is 11.9. The lowest BCUT2D eigenvalue weighted by atomic mass is 10.2. The maximum Gasteiger partial charge on any atom is 0.244 e. The first kappa shape index (κ1) is 13.4. The van der Waals surface area contributed by atoms with E-state index in [2.05, 4.69) is 21.0 Å². The highest BCUT2D eigenvalue weighted by Crippen LogP contribution is 2.42. The van der Waals surface area contributed by atoms with Crippen LogP contribution in [0.25, 0.3) is 0 Å². The molecule has 2 aromatic carbocycles. The summed E-state index contributed by atoms with van der Waals surface area (Å²) in [5, 5.41) is 6.77. The third kappa shape index (κ3) is 2.39. The van der Waals surface area contributed by atoms with Crippen molar-refractivity contribution < 1.29 is 4.79 Å². The molecule has 0 radical (unpaired) electrons. The minimum atomic E-state index is -0.105. The molecule has 1 aliphatic heterocycles. The molecule has 0 N–H and O–H groups in total. The number of carbonyl (C=O) groups is 1. The van der Waals surface area contributed by atoms with Crippen LogP contribution in [0.5, 0.6) is 0 Å². The van der Waals surface area contributed by atoms with Crippen molar-refractivity contribution in [1.82, 2.24) is 0 Å². The molecule has 100 valence electrons. The van der Waals surface area contributed by atoms with Crippen molar-refractivity contribution in [2.75, 3.05) is 5.01 Å². The summed E-state index contributed by atoms with van der Waals surface area (Å²) >= 11 is 5.06. The summed E-state index contributed by atoms with van der Waals surface area (Å²) in [6.45, 7) is 1.52. The van der Waals surface area contributed by atoms with Crippen LogP contribution in [0.3, 0.4) is 0 Å². The Morgan fingerprint density at radius 1 is 1.15 bits per heavy atom. The highest BCUT2D eigenvalue weighted by atomic mass is 79.9. The van der Waals surface area contributed by atoms with E-state index in [1.54, 1.807) is 11.8 Å². The Hall–Kier alpha value is -1.59. The van der Waals surface area contributed by atoms with Gasteiger partial charge in [-0.2, -0.15) is 10.1 Å². The lowest BCUT2D eigenvalue weighted by Crippen LogP contribution is -2.27. The molecule has 0 aromatic heterocycles. The second-order valence-electron chi connectivity index (χ2n) is 4.29. The van der Waals surface area contributed by atoms with Crippen LogP contribution in [0.2, 0.25) is 0 Å². The number of rotatable bonds is 1. The van der Waals surface area contributed by atoms with E-state index in [-0.39, 0.29) is 5.91 Å². The van der Waals surface area contributed by atoms with Crippen LogP contribution >= 0.6 is 27.7 Å². The fourth-order valence-electron chi connectivity index (χ4n) is 1.97. The fourth-order valence-corrected chi connectivity index (χ4v) is 3.66. The van der Waals surface area contributed by atoms with Gasteiger partial charge in [-0.15, -0.1) is 0 Å². The molecule has 0 unspecified atom stereocenters. The quantitative estimate of drug-likeness (QED) is 0.772. The summed E-state index contributed by atoms with van der Waals surface area (Å²) in [4.78, 5) is 12.9. The van der Waals surface area contributed by atoms with Gasteiger partial charge in [0.2, 0.25) is 5.91 Å². The molecule has 3 rings (SSSR count). The fraction of sp³-hybridized carbons (Fsp3) is 0.0667. The molecule has 2 aromatic rings. The van der Waals surface area contributed by atoms with Crippen molar-refractivity contribution in [2.24, 2.45) is 5.10 Å². The van der Waals surface area contributed by atoms with E-state index < -0.39 is 0 Å². The summed E-state index contributed by atoms with van der Waals surface area (Å²) in [6, 6.07) is 15.8. The standard InChI is InChI=1S/C15H11BrN2OS/c1-10(19)18-14-12(16)8-5-9-13(14)20-15(17-18)11-6-3-2-4-7-11/h2-9H,1H3. The van der Waals surface area contributed by atoms with E-state index in [9.17, 15) is 4.79 Å².